The molecule has 0 saturated carbocycles. The minimum absolute atomic E-state index is 0.193. The molecule has 0 aromatic heterocycles. The van der Waals surface area contributed by atoms with E-state index < -0.39 is 22.9 Å². The first-order valence-corrected chi connectivity index (χ1v) is 11.2. The minimum atomic E-state index is -1.26. The highest BCUT2D eigenvalue weighted by Crippen LogP contribution is 2.55. The summed E-state index contributed by atoms with van der Waals surface area (Å²) in [5, 5.41) is 6.70. The second-order valence-corrected chi connectivity index (χ2v) is 10.0. The molecule has 2 fully saturated rings. The highest BCUT2D eigenvalue weighted by molar-refractivity contribution is 7.98. The van der Waals surface area contributed by atoms with Crippen LogP contribution in [0.1, 0.15) is 32.8 Å². The molecule has 0 aliphatic carbocycles. The molecule has 1 spiro atoms. The van der Waals surface area contributed by atoms with E-state index in [1.165, 1.54) is 4.90 Å². The Kier molecular flexibility index (Phi) is 4.56. The van der Waals surface area contributed by atoms with Crippen molar-refractivity contribution in [1.82, 2.24) is 10.2 Å². The Balaban J connectivity index is 1.89. The third kappa shape index (κ3) is 2.49. The minimum Gasteiger partial charge on any atom is -0.323 e. The molecule has 150 valence electrons. The number of likely N-dealkylation sites (tertiary alicyclic amines) is 1. The van der Waals surface area contributed by atoms with E-state index in [-0.39, 0.29) is 23.8 Å². The van der Waals surface area contributed by atoms with Crippen molar-refractivity contribution in [1.29, 1.82) is 0 Å². The lowest BCUT2D eigenvalue weighted by Gasteiger charge is -2.34. The van der Waals surface area contributed by atoms with Gasteiger partial charge in [0.2, 0.25) is 17.7 Å². The molecule has 6 nitrogen and oxygen atoms in total. The van der Waals surface area contributed by atoms with Crippen molar-refractivity contribution in [3.8, 4) is 0 Å². The monoisotopic (exact) mass is 421 g/mol. The summed E-state index contributed by atoms with van der Waals surface area (Å²) in [5.74, 6) is -1.29. The van der Waals surface area contributed by atoms with Gasteiger partial charge >= 0.3 is 0 Å². The van der Waals surface area contributed by atoms with Gasteiger partial charge in [0.15, 0.2) is 0 Å². The first-order valence-electron chi connectivity index (χ1n) is 9.39. The van der Waals surface area contributed by atoms with Crippen LogP contribution in [0.3, 0.4) is 0 Å². The van der Waals surface area contributed by atoms with Gasteiger partial charge in [-0.3, -0.25) is 24.6 Å². The zero-order valence-corrected chi connectivity index (χ0v) is 17.9. The maximum Gasteiger partial charge on any atom is 0.250 e. The van der Waals surface area contributed by atoms with Crippen molar-refractivity contribution in [2.75, 3.05) is 17.3 Å². The van der Waals surface area contributed by atoms with E-state index in [2.05, 4.69) is 10.6 Å². The summed E-state index contributed by atoms with van der Waals surface area (Å²) in [5.41, 5.74) is -0.722. The molecule has 28 heavy (non-hydrogen) atoms. The highest BCUT2D eigenvalue weighted by atomic mass is 35.5. The fraction of sp³-hybridized carbons (Fsp3) is 0.550. The van der Waals surface area contributed by atoms with Gasteiger partial charge in [-0.25, -0.2) is 0 Å². The number of nitrogens with one attached hydrogen (secondary N) is 2. The van der Waals surface area contributed by atoms with Crippen molar-refractivity contribution < 1.29 is 14.4 Å². The van der Waals surface area contributed by atoms with Crippen LogP contribution in [0, 0.1) is 11.8 Å². The molecule has 3 heterocycles. The van der Waals surface area contributed by atoms with Crippen LogP contribution < -0.4 is 10.6 Å². The van der Waals surface area contributed by atoms with Gasteiger partial charge in [-0.1, -0.05) is 23.7 Å². The average Bonchev–Trinajstić information content (AvgIpc) is 3.19. The Morgan fingerprint density at radius 3 is 2.57 bits per heavy atom. The van der Waals surface area contributed by atoms with Crippen LogP contribution in [0.15, 0.2) is 18.2 Å². The van der Waals surface area contributed by atoms with Crippen molar-refractivity contribution in [3.63, 3.8) is 0 Å². The van der Waals surface area contributed by atoms with Crippen LogP contribution in [0.25, 0.3) is 0 Å². The zero-order valence-electron chi connectivity index (χ0n) is 16.3. The van der Waals surface area contributed by atoms with Gasteiger partial charge in [-0.15, -0.1) is 0 Å². The van der Waals surface area contributed by atoms with E-state index in [0.717, 1.165) is 5.75 Å². The molecule has 2 saturated heterocycles. The second-order valence-electron chi connectivity index (χ2n) is 8.64. The van der Waals surface area contributed by atoms with Gasteiger partial charge in [-0.05, 0) is 45.3 Å². The lowest BCUT2D eigenvalue weighted by molar-refractivity contribution is -0.147. The van der Waals surface area contributed by atoms with Crippen LogP contribution >= 0.6 is 23.4 Å². The number of imide groups is 1. The second kappa shape index (κ2) is 6.47. The summed E-state index contributed by atoms with van der Waals surface area (Å²) < 4.78 is 0. The third-order valence-electron chi connectivity index (χ3n) is 6.00. The highest BCUT2D eigenvalue weighted by Gasteiger charge is 2.71. The van der Waals surface area contributed by atoms with Gasteiger partial charge in [0.05, 0.1) is 22.5 Å². The molecular formula is C20H24ClN3O3S. The quantitative estimate of drug-likeness (QED) is 0.733. The van der Waals surface area contributed by atoms with Crippen molar-refractivity contribution >= 4 is 46.8 Å². The number of thioether (sulfide) groups is 1. The summed E-state index contributed by atoms with van der Waals surface area (Å²) in [6.45, 7) is 5.54. The maximum absolute atomic E-state index is 13.5. The lowest BCUT2D eigenvalue weighted by Crippen LogP contribution is -2.55. The first-order chi connectivity index (χ1) is 13.1. The van der Waals surface area contributed by atoms with E-state index in [1.54, 1.807) is 23.9 Å². The number of anilines is 1. The van der Waals surface area contributed by atoms with Crippen LogP contribution in [0.4, 0.5) is 5.69 Å². The molecule has 4 unspecified atom stereocenters. The number of benzene rings is 1. The van der Waals surface area contributed by atoms with Gasteiger partial charge in [0.25, 0.3) is 0 Å². The normalized spacial score (nSPS) is 31.5. The average molecular weight is 422 g/mol. The molecular weight excluding hydrogens is 398 g/mol. The topological polar surface area (TPSA) is 78.5 Å². The number of halogens is 1. The molecule has 4 atom stereocenters. The molecule has 3 aliphatic rings. The summed E-state index contributed by atoms with van der Waals surface area (Å²) in [6.07, 6.45) is 2.70. The lowest BCUT2D eigenvalue weighted by atomic mass is 9.76. The van der Waals surface area contributed by atoms with E-state index >= 15 is 0 Å². The largest absolute Gasteiger partial charge is 0.323 e. The Morgan fingerprint density at radius 1 is 1.21 bits per heavy atom. The van der Waals surface area contributed by atoms with E-state index in [0.29, 0.717) is 22.7 Å². The number of para-hydroxylation sites is 1. The molecule has 2 N–H and O–H groups in total. The maximum atomic E-state index is 13.5. The number of carbonyl (C=O) groups is 3. The van der Waals surface area contributed by atoms with Crippen molar-refractivity contribution in [3.05, 3.63) is 28.8 Å². The fourth-order valence-electron chi connectivity index (χ4n) is 4.95. The number of rotatable bonds is 3. The van der Waals surface area contributed by atoms with Gasteiger partial charge in [0.1, 0.15) is 5.54 Å². The number of amides is 3. The van der Waals surface area contributed by atoms with Gasteiger partial charge in [0, 0.05) is 17.1 Å². The number of nitrogens with zero attached hydrogens (tertiary/aromatic N) is 1. The fourth-order valence-corrected chi connectivity index (χ4v) is 5.66. The number of carbonyl (C=O) groups excluding carboxylic acids is 3. The standard InChI is InChI=1S/C20H24ClN3O3S/c1-19(2,3)24-16(25)13-12(8-9-28-4)23-20(14(13)17(24)26)10-6-5-7-11(21)15(10)22-18(20)27/h5-7,12-14,23H,8-9H2,1-4H3,(H,22,27). The van der Waals surface area contributed by atoms with Crippen LogP contribution in [-0.2, 0) is 19.9 Å². The molecule has 0 bridgehead atoms. The summed E-state index contributed by atoms with van der Waals surface area (Å²) in [7, 11) is 0. The smallest absolute Gasteiger partial charge is 0.250 e. The molecule has 1 aromatic carbocycles. The first kappa shape index (κ1) is 19.7. The predicted molar refractivity (Wildman–Crippen MR) is 110 cm³/mol. The van der Waals surface area contributed by atoms with Crippen LogP contribution in [0.2, 0.25) is 5.02 Å². The molecule has 8 heteroatoms. The van der Waals surface area contributed by atoms with Crippen LogP contribution in [0.5, 0.6) is 0 Å². The molecule has 4 rings (SSSR count). The van der Waals surface area contributed by atoms with Crippen LogP contribution in [-0.4, -0.2) is 46.2 Å². The van der Waals surface area contributed by atoms with E-state index in [9.17, 15) is 14.4 Å². The molecule has 3 amide bonds. The summed E-state index contributed by atoms with van der Waals surface area (Å²) in [6, 6.07) is 5.05. The SMILES string of the molecule is CSCCC1NC2(C(=O)Nc3c(Cl)cccc32)C2C(=O)N(C(C)(C)C)C(=O)C12. The molecule has 1 aromatic rings. The van der Waals surface area contributed by atoms with E-state index in [1.807, 2.05) is 33.1 Å². The summed E-state index contributed by atoms with van der Waals surface area (Å²) in [4.78, 5) is 41.5. The zero-order chi connectivity index (χ0) is 20.4. The van der Waals surface area contributed by atoms with Gasteiger partial charge in [-0.2, -0.15) is 11.8 Å². The predicted octanol–water partition coefficient (Wildman–Crippen LogP) is 2.61. The number of hydrogen-bond acceptors (Lipinski definition) is 5. The summed E-state index contributed by atoms with van der Waals surface area (Å²) >= 11 is 8.00. The Morgan fingerprint density at radius 2 is 1.93 bits per heavy atom. The van der Waals surface area contributed by atoms with E-state index in [4.69, 9.17) is 11.6 Å². The van der Waals surface area contributed by atoms with Crippen molar-refractivity contribution in [2.24, 2.45) is 11.8 Å². The number of hydrogen-bond donors (Lipinski definition) is 2. The molecule has 0 radical (unpaired) electrons. The Bertz CT molecular complexity index is 884. The molecule has 3 aliphatic heterocycles. The van der Waals surface area contributed by atoms with Gasteiger partial charge < -0.3 is 5.32 Å². The van der Waals surface area contributed by atoms with Crippen molar-refractivity contribution in [2.45, 2.75) is 44.3 Å². The Hall–Kier alpha value is -1.57. The Labute approximate surface area is 173 Å². The number of fused-ring (bicyclic) bond motifs is 4. The third-order valence-corrected chi connectivity index (χ3v) is 6.96.